The Hall–Kier alpha value is -2.70. The van der Waals surface area contributed by atoms with E-state index in [1.807, 2.05) is 0 Å². The SMILES string of the molecule is Cc1cc(C(=O)NC(C(=O)O)c2cnn(C)c2)ccn1. The standard InChI is InChI=1S/C13H14N4O3/c1-8-5-9(3-4-14-8)12(18)16-11(13(19)20)10-6-15-17(2)7-10/h3-7,11H,1-2H3,(H,16,18)(H,19,20). The number of carboxylic acids is 1. The van der Waals surface area contributed by atoms with Crippen molar-refractivity contribution in [1.82, 2.24) is 20.1 Å². The monoisotopic (exact) mass is 274 g/mol. The van der Waals surface area contributed by atoms with Crippen LogP contribution in [0.4, 0.5) is 0 Å². The van der Waals surface area contributed by atoms with Crippen molar-refractivity contribution in [3.05, 3.63) is 47.5 Å². The molecule has 0 fully saturated rings. The minimum atomic E-state index is -1.14. The molecule has 0 saturated heterocycles. The van der Waals surface area contributed by atoms with Crippen molar-refractivity contribution < 1.29 is 14.7 Å². The van der Waals surface area contributed by atoms with Gasteiger partial charge in [-0.25, -0.2) is 4.79 Å². The van der Waals surface area contributed by atoms with Gasteiger partial charge in [0.2, 0.25) is 0 Å². The van der Waals surface area contributed by atoms with Crippen LogP contribution < -0.4 is 5.32 Å². The molecule has 104 valence electrons. The number of aryl methyl sites for hydroxylation is 2. The van der Waals surface area contributed by atoms with E-state index in [-0.39, 0.29) is 0 Å². The average molecular weight is 274 g/mol. The maximum absolute atomic E-state index is 12.1. The lowest BCUT2D eigenvalue weighted by Gasteiger charge is -2.13. The maximum Gasteiger partial charge on any atom is 0.331 e. The highest BCUT2D eigenvalue weighted by Crippen LogP contribution is 2.13. The van der Waals surface area contributed by atoms with Gasteiger partial charge in [-0.1, -0.05) is 0 Å². The highest BCUT2D eigenvalue weighted by Gasteiger charge is 2.24. The van der Waals surface area contributed by atoms with E-state index < -0.39 is 17.9 Å². The molecular formula is C13H14N4O3. The van der Waals surface area contributed by atoms with E-state index in [1.54, 1.807) is 26.2 Å². The summed E-state index contributed by atoms with van der Waals surface area (Å²) in [6, 6.07) is 1.99. The van der Waals surface area contributed by atoms with Crippen molar-refractivity contribution in [3.63, 3.8) is 0 Å². The first kappa shape index (κ1) is 13.7. The fourth-order valence-corrected chi connectivity index (χ4v) is 1.78. The van der Waals surface area contributed by atoms with Crippen molar-refractivity contribution in [2.45, 2.75) is 13.0 Å². The first-order valence-electron chi connectivity index (χ1n) is 5.92. The van der Waals surface area contributed by atoms with Crippen LogP contribution in [-0.4, -0.2) is 31.7 Å². The number of amides is 1. The van der Waals surface area contributed by atoms with Crippen molar-refractivity contribution in [1.29, 1.82) is 0 Å². The Labute approximate surface area is 115 Å². The van der Waals surface area contributed by atoms with Crippen LogP contribution in [0.1, 0.15) is 27.7 Å². The van der Waals surface area contributed by atoms with Gasteiger partial charge < -0.3 is 10.4 Å². The second-order valence-electron chi connectivity index (χ2n) is 4.38. The number of aliphatic carboxylic acids is 1. The smallest absolute Gasteiger partial charge is 0.331 e. The van der Waals surface area contributed by atoms with Crippen LogP contribution in [0.25, 0.3) is 0 Å². The van der Waals surface area contributed by atoms with Gasteiger partial charge in [0.1, 0.15) is 0 Å². The summed E-state index contributed by atoms with van der Waals surface area (Å²) in [5.41, 5.74) is 1.47. The van der Waals surface area contributed by atoms with Crippen LogP contribution in [0.3, 0.4) is 0 Å². The van der Waals surface area contributed by atoms with E-state index >= 15 is 0 Å². The van der Waals surface area contributed by atoms with E-state index in [2.05, 4.69) is 15.4 Å². The zero-order valence-electron chi connectivity index (χ0n) is 11.1. The van der Waals surface area contributed by atoms with Gasteiger partial charge in [-0.15, -0.1) is 0 Å². The molecule has 0 radical (unpaired) electrons. The topological polar surface area (TPSA) is 97.1 Å². The molecule has 2 rings (SSSR count). The molecular weight excluding hydrogens is 260 g/mol. The first-order valence-corrected chi connectivity index (χ1v) is 5.92. The number of hydrogen-bond donors (Lipinski definition) is 2. The Balaban J connectivity index is 2.21. The van der Waals surface area contributed by atoms with Gasteiger partial charge in [0.15, 0.2) is 6.04 Å². The van der Waals surface area contributed by atoms with Gasteiger partial charge in [-0.2, -0.15) is 5.10 Å². The second kappa shape index (κ2) is 5.52. The largest absolute Gasteiger partial charge is 0.479 e. The Morgan fingerprint density at radius 3 is 2.75 bits per heavy atom. The van der Waals surface area contributed by atoms with E-state index in [9.17, 15) is 14.7 Å². The number of carboxylic acid groups (broad SMARTS) is 1. The average Bonchev–Trinajstić information content (AvgIpc) is 2.81. The predicted octanol–water partition coefficient (Wildman–Crippen LogP) is 0.679. The summed E-state index contributed by atoms with van der Waals surface area (Å²) in [6.07, 6.45) is 4.47. The molecule has 2 aromatic heterocycles. The molecule has 0 bridgehead atoms. The van der Waals surface area contributed by atoms with Crippen molar-refractivity contribution >= 4 is 11.9 Å². The third-order valence-electron chi connectivity index (χ3n) is 2.74. The molecule has 1 amide bonds. The lowest BCUT2D eigenvalue weighted by atomic mass is 10.1. The maximum atomic E-state index is 12.1. The Bertz CT molecular complexity index is 651. The molecule has 7 nitrogen and oxygen atoms in total. The number of nitrogens with one attached hydrogen (secondary N) is 1. The summed E-state index contributed by atoms with van der Waals surface area (Å²) in [6.45, 7) is 1.76. The van der Waals surface area contributed by atoms with Crippen LogP contribution in [0.15, 0.2) is 30.7 Å². The fourth-order valence-electron chi connectivity index (χ4n) is 1.78. The highest BCUT2D eigenvalue weighted by atomic mass is 16.4. The summed E-state index contributed by atoms with van der Waals surface area (Å²) in [7, 11) is 1.68. The summed E-state index contributed by atoms with van der Waals surface area (Å²) in [4.78, 5) is 27.3. The lowest BCUT2D eigenvalue weighted by Crippen LogP contribution is -2.33. The number of aromatic nitrogens is 3. The summed E-state index contributed by atoms with van der Waals surface area (Å²) >= 11 is 0. The molecule has 0 aliphatic heterocycles. The number of carbonyl (C=O) groups is 2. The van der Waals surface area contributed by atoms with Crippen LogP contribution in [0.5, 0.6) is 0 Å². The van der Waals surface area contributed by atoms with Crippen molar-refractivity contribution in [2.24, 2.45) is 7.05 Å². The lowest BCUT2D eigenvalue weighted by molar-refractivity contribution is -0.139. The first-order chi connectivity index (χ1) is 9.47. The second-order valence-corrected chi connectivity index (χ2v) is 4.38. The van der Waals surface area contributed by atoms with E-state index in [0.717, 1.165) is 0 Å². The normalized spacial score (nSPS) is 11.9. The summed E-state index contributed by atoms with van der Waals surface area (Å²) < 4.78 is 1.48. The van der Waals surface area contributed by atoms with E-state index in [4.69, 9.17) is 0 Å². The zero-order valence-corrected chi connectivity index (χ0v) is 11.1. The molecule has 2 N–H and O–H groups in total. The fraction of sp³-hybridized carbons (Fsp3) is 0.231. The molecule has 2 aromatic rings. The molecule has 0 saturated carbocycles. The van der Waals surface area contributed by atoms with Gasteiger partial charge >= 0.3 is 5.97 Å². The van der Waals surface area contributed by atoms with Gasteiger partial charge in [-0.05, 0) is 19.1 Å². The summed E-state index contributed by atoms with van der Waals surface area (Å²) in [5.74, 6) is -1.61. The van der Waals surface area contributed by atoms with Crippen LogP contribution in [0.2, 0.25) is 0 Å². The van der Waals surface area contributed by atoms with Gasteiger partial charge in [-0.3, -0.25) is 14.5 Å². The van der Waals surface area contributed by atoms with Crippen LogP contribution >= 0.6 is 0 Å². The molecule has 1 unspecified atom stereocenters. The summed E-state index contributed by atoms with van der Waals surface area (Å²) in [5, 5.41) is 15.6. The number of hydrogen-bond acceptors (Lipinski definition) is 4. The molecule has 0 aliphatic carbocycles. The molecule has 0 spiro atoms. The molecule has 0 aliphatic rings. The van der Waals surface area contributed by atoms with Crippen molar-refractivity contribution in [3.8, 4) is 0 Å². The minimum Gasteiger partial charge on any atom is -0.479 e. The van der Waals surface area contributed by atoms with Gasteiger partial charge in [0.25, 0.3) is 5.91 Å². The number of carbonyl (C=O) groups excluding carboxylic acids is 1. The molecule has 7 heteroatoms. The number of rotatable bonds is 4. The Morgan fingerprint density at radius 2 is 2.20 bits per heavy atom. The van der Waals surface area contributed by atoms with Crippen molar-refractivity contribution in [2.75, 3.05) is 0 Å². The molecule has 1 atom stereocenters. The van der Waals surface area contributed by atoms with Crippen LogP contribution in [-0.2, 0) is 11.8 Å². The molecule has 0 aromatic carbocycles. The van der Waals surface area contributed by atoms with Crippen LogP contribution in [0, 0.1) is 6.92 Å². The number of pyridine rings is 1. The molecule has 2 heterocycles. The third-order valence-corrected chi connectivity index (χ3v) is 2.74. The van der Waals surface area contributed by atoms with E-state index in [1.165, 1.54) is 23.1 Å². The predicted molar refractivity (Wildman–Crippen MR) is 70.0 cm³/mol. The molecule has 20 heavy (non-hydrogen) atoms. The minimum absolute atomic E-state index is 0.368. The Morgan fingerprint density at radius 1 is 1.45 bits per heavy atom. The zero-order chi connectivity index (χ0) is 14.7. The Kier molecular flexibility index (Phi) is 3.79. The number of nitrogens with zero attached hydrogens (tertiary/aromatic N) is 3. The third kappa shape index (κ3) is 3.00. The quantitative estimate of drug-likeness (QED) is 0.854. The van der Waals surface area contributed by atoms with E-state index in [0.29, 0.717) is 16.8 Å². The van der Waals surface area contributed by atoms with Gasteiger partial charge in [0, 0.05) is 36.3 Å². The van der Waals surface area contributed by atoms with Gasteiger partial charge in [0.05, 0.1) is 6.20 Å². The highest BCUT2D eigenvalue weighted by molar-refractivity contribution is 5.96.